The van der Waals surface area contributed by atoms with E-state index in [0.29, 0.717) is 22.7 Å². The Morgan fingerprint density at radius 2 is 1.81 bits per heavy atom. The number of hydrogen-bond donors (Lipinski definition) is 2. The molecule has 0 aliphatic carbocycles. The summed E-state index contributed by atoms with van der Waals surface area (Å²) in [5.41, 5.74) is 2.64. The van der Waals surface area contributed by atoms with Gasteiger partial charge in [-0.3, -0.25) is 9.59 Å². The van der Waals surface area contributed by atoms with Crippen LogP contribution in [0, 0.1) is 0 Å². The zero-order valence-corrected chi connectivity index (χ0v) is 13.8. The summed E-state index contributed by atoms with van der Waals surface area (Å²) in [6.45, 7) is 0.372. The van der Waals surface area contributed by atoms with Gasteiger partial charge in [-0.1, -0.05) is 12.1 Å². The largest absolute Gasteiger partial charge is 0.454 e. The zero-order valence-electron chi connectivity index (χ0n) is 13.8. The molecule has 2 unspecified atom stereocenters. The molecule has 0 radical (unpaired) electrons. The number of nitrogens with zero attached hydrogens (tertiary/aromatic N) is 1. The van der Waals surface area contributed by atoms with E-state index >= 15 is 0 Å². The second kappa shape index (κ2) is 5.47. The van der Waals surface area contributed by atoms with Crippen LogP contribution in [0.2, 0.25) is 0 Å². The lowest BCUT2D eigenvalue weighted by molar-refractivity contribution is -0.119. The summed E-state index contributed by atoms with van der Waals surface area (Å²) in [5, 5.41) is 12.7. The molecule has 2 aromatic carbocycles. The summed E-state index contributed by atoms with van der Waals surface area (Å²) in [4.78, 5) is 26.8. The molecule has 2 N–H and O–H groups in total. The summed E-state index contributed by atoms with van der Waals surface area (Å²) >= 11 is 0. The number of ether oxygens (including phenoxy) is 2. The minimum atomic E-state index is -0.673. The first-order chi connectivity index (χ1) is 12.6. The molecule has 1 saturated heterocycles. The minimum Gasteiger partial charge on any atom is -0.454 e. The summed E-state index contributed by atoms with van der Waals surface area (Å²) in [6, 6.07) is 10.3. The van der Waals surface area contributed by atoms with Crippen molar-refractivity contribution in [3.8, 4) is 22.6 Å². The van der Waals surface area contributed by atoms with Crippen LogP contribution in [0.5, 0.6) is 11.5 Å². The van der Waals surface area contributed by atoms with Gasteiger partial charge in [0.05, 0.1) is 17.4 Å². The molecule has 0 aromatic heterocycles. The fourth-order valence-corrected chi connectivity index (χ4v) is 3.74. The average molecular weight is 352 g/mol. The molecular weight excluding hydrogens is 336 g/mol. The van der Waals surface area contributed by atoms with E-state index in [9.17, 15) is 14.7 Å². The molecule has 132 valence electrons. The molecule has 3 aliphatic rings. The highest BCUT2D eigenvalue weighted by Crippen LogP contribution is 2.37. The minimum absolute atomic E-state index is 0.171. The van der Waals surface area contributed by atoms with E-state index in [1.807, 2.05) is 24.3 Å². The fraction of sp³-hybridized carbons (Fsp3) is 0.263. The van der Waals surface area contributed by atoms with Crippen molar-refractivity contribution in [3.63, 3.8) is 0 Å². The summed E-state index contributed by atoms with van der Waals surface area (Å²) < 4.78 is 10.7. The van der Waals surface area contributed by atoms with Crippen molar-refractivity contribution in [2.45, 2.75) is 18.6 Å². The van der Waals surface area contributed by atoms with Crippen molar-refractivity contribution in [1.82, 2.24) is 4.90 Å². The van der Waals surface area contributed by atoms with Crippen molar-refractivity contribution in [3.05, 3.63) is 42.0 Å². The average Bonchev–Trinajstić information content (AvgIpc) is 3.25. The number of anilines is 1. The molecule has 3 heterocycles. The van der Waals surface area contributed by atoms with E-state index in [0.717, 1.165) is 11.1 Å². The monoisotopic (exact) mass is 352 g/mol. The van der Waals surface area contributed by atoms with Gasteiger partial charge in [-0.2, -0.15) is 0 Å². The summed E-state index contributed by atoms with van der Waals surface area (Å²) in [7, 11) is 0. The Balaban J connectivity index is 1.57. The maximum atomic E-state index is 13.0. The number of aliphatic hydroxyl groups excluding tert-OH is 1. The lowest BCUT2D eigenvalue weighted by Gasteiger charge is -2.19. The van der Waals surface area contributed by atoms with Gasteiger partial charge in [-0.05, 0) is 35.4 Å². The Bertz CT molecular complexity index is 942. The smallest absolute Gasteiger partial charge is 0.256 e. The molecule has 2 atom stereocenters. The molecule has 0 saturated carbocycles. The number of hydrogen-bond acceptors (Lipinski definition) is 5. The molecule has 0 bridgehead atoms. The number of fused-ring (bicyclic) bond motifs is 3. The topological polar surface area (TPSA) is 88.1 Å². The van der Waals surface area contributed by atoms with E-state index in [1.165, 1.54) is 4.90 Å². The number of rotatable bonds is 1. The van der Waals surface area contributed by atoms with E-state index in [2.05, 4.69) is 5.32 Å². The second-order valence-electron chi connectivity index (χ2n) is 6.68. The number of benzene rings is 2. The van der Waals surface area contributed by atoms with Gasteiger partial charge in [-0.15, -0.1) is 0 Å². The second-order valence-corrected chi connectivity index (χ2v) is 6.68. The molecule has 2 amide bonds. The predicted molar refractivity (Wildman–Crippen MR) is 92.1 cm³/mol. The Morgan fingerprint density at radius 3 is 2.69 bits per heavy atom. The van der Waals surface area contributed by atoms with Gasteiger partial charge in [0.2, 0.25) is 12.7 Å². The molecule has 2 aromatic rings. The highest BCUT2D eigenvalue weighted by molar-refractivity contribution is 6.10. The standard InChI is InChI=1S/C19H16N2O5/c22-12-7-15-18(23)20-14-3-1-10(5-13(14)19(24)21(15)8-12)11-2-4-16-17(6-11)26-9-25-16/h1-6,12,15,22H,7-9H2,(H,20,23). The molecule has 1 fully saturated rings. The lowest BCUT2D eigenvalue weighted by atomic mass is 10.0. The fourth-order valence-electron chi connectivity index (χ4n) is 3.74. The Kier molecular flexibility index (Phi) is 3.20. The number of aliphatic hydroxyl groups is 1. The van der Waals surface area contributed by atoms with Crippen LogP contribution >= 0.6 is 0 Å². The molecule has 7 heteroatoms. The highest BCUT2D eigenvalue weighted by atomic mass is 16.7. The Labute approximate surface area is 149 Å². The van der Waals surface area contributed by atoms with Gasteiger partial charge in [-0.25, -0.2) is 0 Å². The van der Waals surface area contributed by atoms with Crippen molar-refractivity contribution in [1.29, 1.82) is 0 Å². The molecule has 7 nitrogen and oxygen atoms in total. The first-order valence-electron chi connectivity index (χ1n) is 8.44. The normalized spacial score (nSPS) is 23.3. The third-order valence-corrected chi connectivity index (χ3v) is 5.06. The molecule has 5 rings (SSSR count). The van der Waals surface area contributed by atoms with Crippen LogP contribution in [0.4, 0.5) is 5.69 Å². The summed E-state index contributed by atoms with van der Waals surface area (Å²) in [6.07, 6.45) is -0.408. The number of nitrogens with one attached hydrogen (secondary N) is 1. The van der Waals surface area contributed by atoms with Gasteiger partial charge in [0.15, 0.2) is 11.5 Å². The molecule has 0 spiro atoms. The highest BCUT2D eigenvalue weighted by Gasteiger charge is 2.42. The van der Waals surface area contributed by atoms with Crippen LogP contribution in [0.1, 0.15) is 16.8 Å². The molecule has 3 aliphatic heterocycles. The van der Waals surface area contributed by atoms with E-state index in [4.69, 9.17) is 9.47 Å². The van der Waals surface area contributed by atoms with Crippen molar-refractivity contribution >= 4 is 17.5 Å². The van der Waals surface area contributed by atoms with Crippen LogP contribution in [-0.2, 0) is 4.79 Å². The van der Waals surface area contributed by atoms with Gasteiger partial charge >= 0.3 is 0 Å². The number of carbonyl (C=O) groups excluding carboxylic acids is 2. The lowest BCUT2D eigenvalue weighted by Crippen LogP contribution is -2.40. The molecular formula is C19H16N2O5. The van der Waals surface area contributed by atoms with Gasteiger partial charge in [0.1, 0.15) is 6.04 Å². The predicted octanol–water partition coefficient (Wildman–Crippen LogP) is 1.61. The number of amides is 2. The van der Waals surface area contributed by atoms with Crippen LogP contribution in [0.15, 0.2) is 36.4 Å². The Hall–Kier alpha value is -3.06. The maximum Gasteiger partial charge on any atom is 0.256 e. The molecule has 26 heavy (non-hydrogen) atoms. The van der Waals surface area contributed by atoms with E-state index < -0.39 is 12.1 Å². The number of carbonyl (C=O) groups is 2. The van der Waals surface area contributed by atoms with Crippen LogP contribution in [0.25, 0.3) is 11.1 Å². The van der Waals surface area contributed by atoms with Crippen LogP contribution in [-0.4, -0.2) is 47.3 Å². The van der Waals surface area contributed by atoms with Crippen molar-refractivity contribution in [2.24, 2.45) is 0 Å². The van der Waals surface area contributed by atoms with Crippen LogP contribution in [0.3, 0.4) is 0 Å². The van der Waals surface area contributed by atoms with Crippen molar-refractivity contribution < 1.29 is 24.2 Å². The first-order valence-corrected chi connectivity index (χ1v) is 8.44. The first kappa shape index (κ1) is 15.2. The van der Waals surface area contributed by atoms with E-state index in [1.54, 1.807) is 12.1 Å². The van der Waals surface area contributed by atoms with Gasteiger partial charge in [0.25, 0.3) is 5.91 Å². The quantitative estimate of drug-likeness (QED) is 0.814. The SMILES string of the molecule is O=C1Nc2ccc(-c3ccc4c(c3)OCO4)cc2C(=O)N2CC(O)CC12. The van der Waals surface area contributed by atoms with Crippen molar-refractivity contribution in [2.75, 3.05) is 18.7 Å². The van der Waals surface area contributed by atoms with Gasteiger partial charge < -0.3 is 24.8 Å². The van der Waals surface area contributed by atoms with Gasteiger partial charge in [0, 0.05) is 13.0 Å². The maximum absolute atomic E-state index is 13.0. The zero-order chi connectivity index (χ0) is 17.8. The van der Waals surface area contributed by atoms with E-state index in [-0.39, 0.29) is 31.6 Å². The Morgan fingerprint density at radius 1 is 1.04 bits per heavy atom. The summed E-state index contributed by atoms with van der Waals surface area (Å²) in [5.74, 6) is 0.854. The third kappa shape index (κ3) is 2.24. The third-order valence-electron chi connectivity index (χ3n) is 5.06. The van der Waals surface area contributed by atoms with Crippen LogP contribution < -0.4 is 14.8 Å².